The van der Waals surface area contributed by atoms with E-state index in [-0.39, 0.29) is 17.6 Å². The van der Waals surface area contributed by atoms with Gasteiger partial charge in [0, 0.05) is 17.8 Å². The monoisotopic (exact) mass is 389 g/mol. The van der Waals surface area contributed by atoms with Crippen LogP contribution in [0.1, 0.15) is 13.3 Å². The average molecular weight is 389 g/mol. The summed E-state index contributed by atoms with van der Waals surface area (Å²) in [4.78, 5) is 20.5. The maximum absolute atomic E-state index is 13.3. The number of aromatic nitrogens is 2. The van der Waals surface area contributed by atoms with Crippen LogP contribution < -0.4 is 10.1 Å². The maximum Gasteiger partial charge on any atom is 0.159 e. The van der Waals surface area contributed by atoms with Gasteiger partial charge in [0.15, 0.2) is 5.78 Å². The van der Waals surface area contributed by atoms with Crippen molar-refractivity contribution in [2.75, 3.05) is 12.4 Å². The highest BCUT2D eigenvalue weighted by Crippen LogP contribution is 2.34. The number of benzene rings is 2. The molecule has 1 aliphatic carbocycles. The van der Waals surface area contributed by atoms with Crippen LogP contribution in [0.25, 0.3) is 22.0 Å². The number of rotatable bonds is 5. The van der Waals surface area contributed by atoms with Crippen LogP contribution in [0.4, 0.5) is 10.2 Å². The SMILES string of the molecule is COc1cc(-c2ccc(F)cc2)cc2c(NC(C)C3=CC=CC(=O)C3)ncnc12. The Balaban J connectivity index is 1.77. The van der Waals surface area contributed by atoms with Gasteiger partial charge in [-0.25, -0.2) is 14.4 Å². The Bertz CT molecular complexity index is 1140. The molecule has 3 aromatic rings. The fraction of sp³-hybridized carbons (Fsp3) is 0.174. The summed E-state index contributed by atoms with van der Waals surface area (Å²) in [6, 6.07) is 10.1. The highest BCUT2D eigenvalue weighted by atomic mass is 19.1. The molecule has 1 heterocycles. The first kappa shape index (κ1) is 18.8. The molecule has 0 saturated carbocycles. The molecule has 2 aromatic carbocycles. The summed E-state index contributed by atoms with van der Waals surface area (Å²) in [5.41, 5.74) is 3.40. The Hall–Kier alpha value is -3.54. The fourth-order valence-electron chi connectivity index (χ4n) is 3.41. The van der Waals surface area contributed by atoms with Crippen LogP contribution in [-0.4, -0.2) is 28.9 Å². The van der Waals surface area contributed by atoms with Crippen molar-refractivity contribution < 1.29 is 13.9 Å². The van der Waals surface area contributed by atoms with E-state index in [1.54, 1.807) is 31.4 Å². The van der Waals surface area contributed by atoms with E-state index in [0.29, 0.717) is 23.5 Å². The van der Waals surface area contributed by atoms with Crippen LogP contribution in [0.3, 0.4) is 0 Å². The van der Waals surface area contributed by atoms with E-state index in [1.807, 2.05) is 25.1 Å². The average Bonchev–Trinajstić information content (AvgIpc) is 2.74. The molecule has 0 amide bonds. The zero-order chi connectivity index (χ0) is 20.4. The van der Waals surface area contributed by atoms with Crippen LogP contribution in [0.5, 0.6) is 5.75 Å². The molecular weight excluding hydrogens is 369 g/mol. The summed E-state index contributed by atoms with van der Waals surface area (Å²) < 4.78 is 18.9. The highest BCUT2D eigenvalue weighted by molar-refractivity contribution is 5.97. The lowest BCUT2D eigenvalue weighted by Crippen LogP contribution is -2.21. The van der Waals surface area contributed by atoms with Crippen molar-refractivity contribution in [2.45, 2.75) is 19.4 Å². The summed E-state index contributed by atoms with van der Waals surface area (Å²) in [5.74, 6) is 1.05. The molecule has 4 rings (SSSR count). The zero-order valence-electron chi connectivity index (χ0n) is 16.1. The summed E-state index contributed by atoms with van der Waals surface area (Å²) in [6.07, 6.45) is 7.17. The number of hydrogen-bond donors (Lipinski definition) is 1. The molecule has 29 heavy (non-hydrogen) atoms. The van der Waals surface area contributed by atoms with Gasteiger partial charge in [0.25, 0.3) is 0 Å². The van der Waals surface area contributed by atoms with E-state index in [4.69, 9.17) is 4.74 Å². The summed E-state index contributed by atoms with van der Waals surface area (Å²) >= 11 is 0. The molecule has 0 bridgehead atoms. The molecule has 1 atom stereocenters. The van der Waals surface area contributed by atoms with E-state index in [9.17, 15) is 9.18 Å². The van der Waals surface area contributed by atoms with Crippen molar-refractivity contribution in [2.24, 2.45) is 0 Å². The minimum atomic E-state index is -0.287. The fourth-order valence-corrected chi connectivity index (χ4v) is 3.41. The number of carbonyl (C=O) groups is 1. The van der Waals surface area contributed by atoms with Crippen LogP contribution in [0, 0.1) is 5.82 Å². The quantitative estimate of drug-likeness (QED) is 0.685. The number of allylic oxidation sites excluding steroid dienone is 3. The predicted molar refractivity (Wildman–Crippen MR) is 111 cm³/mol. The molecule has 5 nitrogen and oxygen atoms in total. The van der Waals surface area contributed by atoms with Gasteiger partial charge in [-0.3, -0.25) is 4.79 Å². The van der Waals surface area contributed by atoms with Gasteiger partial charge < -0.3 is 10.1 Å². The maximum atomic E-state index is 13.3. The van der Waals surface area contributed by atoms with Gasteiger partial charge >= 0.3 is 0 Å². The smallest absolute Gasteiger partial charge is 0.159 e. The summed E-state index contributed by atoms with van der Waals surface area (Å²) in [6.45, 7) is 1.99. The number of hydrogen-bond acceptors (Lipinski definition) is 5. The second-order valence-electron chi connectivity index (χ2n) is 6.91. The number of methoxy groups -OCH3 is 1. The van der Waals surface area contributed by atoms with Gasteiger partial charge in [0.1, 0.15) is 29.2 Å². The number of nitrogens with zero attached hydrogens (tertiary/aromatic N) is 2. The number of carbonyl (C=O) groups excluding carboxylic acids is 1. The largest absolute Gasteiger partial charge is 0.494 e. The van der Waals surface area contributed by atoms with Gasteiger partial charge in [-0.05, 0) is 54.0 Å². The van der Waals surface area contributed by atoms with Crippen molar-refractivity contribution in [3.8, 4) is 16.9 Å². The van der Waals surface area contributed by atoms with Crippen LogP contribution in [0.15, 0.2) is 66.5 Å². The standard InChI is InChI=1S/C23H20FN3O2/c1-14(16-4-3-5-19(28)10-16)27-23-20-11-17(15-6-8-18(24)9-7-15)12-21(29-2)22(20)25-13-26-23/h3-9,11-14H,10H2,1-2H3,(H,25,26,27). The molecule has 6 heteroatoms. The van der Waals surface area contributed by atoms with E-state index in [0.717, 1.165) is 22.1 Å². The van der Waals surface area contributed by atoms with Gasteiger partial charge in [-0.15, -0.1) is 0 Å². The third kappa shape index (κ3) is 3.87. The van der Waals surface area contributed by atoms with Gasteiger partial charge in [0.2, 0.25) is 0 Å². The number of ketones is 1. The third-order valence-corrected chi connectivity index (χ3v) is 4.98. The van der Waals surface area contributed by atoms with Crippen LogP contribution in [0.2, 0.25) is 0 Å². The molecule has 0 fully saturated rings. The molecule has 0 saturated heterocycles. The minimum Gasteiger partial charge on any atom is -0.494 e. The van der Waals surface area contributed by atoms with E-state index in [2.05, 4.69) is 15.3 Å². The van der Waals surface area contributed by atoms with Crippen LogP contribution >= 0.6 is 0 Å². The number of fused-ring (bicyclic) bond motifs is 1. The topological polar surface area (TPSA) is 64.1 Å². The second-order valence-corrected chi connectivity index (χ2v) is 6.91. The predicted octanol–water partition coefficient (Wildman–Crippen LogP) is 4.70. The molecule has 0 spiro atoms. The molecule has 1 aliphatic rings. The minimum absolute atomic E-state index is 0.0810. The summed E-state index contributed by atoms with van der Waals surface area (Å²) in [5, 5.41) is 4.18. The Morgan fingerprint density at radius 1 is 1.14 bits per heavy atom. The van der Waals surface area contributed by atoms with E-state index < -0.39 is 0 Å². The zero-order valence-corrected chi connectivity index (χ0v) is 16.1. The van der Waals surface area contributed by atoms with Gasteiger partial charge in [-0.1, -0.05) is 24.3 Å². The van der Waals surface area contributed by atoms with Gasteiger partial charge in [-0.2, -0.15) is 0 Å². The summed E-state index contributed by atoms with van der Waals surface area (Å²) in [7, 11) is 1.59. The lowest BCUT2D eigenvalue weighted by molar-refractivity contribution is -0.114. The van der Waals surface area contributed by atoms with Crippen molar-refractivity contribution in [3.05, 3.63) is 72.3 Å². The van der Waals surface area contributed by atoms with E-state index in [1.165, 1.54) is 18.5 Å². The Labute approximate surface area is 167 Å². The Morgan fingerprint density at radius 3 is 2.66 bits per heavy atom. The lowest BCUT2D eigenvalue weighted by atomic mass is 9.98. The van der Waals surface area contributed by atoms with Crippen molar-refractivity contribution in [1.29, 1.82) is 0 Å². The number of halogens is 1. The van der Waals surface area contributed by atoms with Crippen LogP contribution in [-0.2, 0) is 4.79 Å². The molecular formula is C23H20FN3O2. The second kappa shape index (κ2) is 7.83. The van der Waals surface area contributed by atoms with Crippen molar-refractivity contribution in [1.82, 2.24) is 9.97 Å². The molecule has 1 N–H and O–H groups in total. The molecule has 0 radical (unpaired) electrons. The number of ether oxygens (including phenoxy) is 1. The molecule has 1 aromatic heterocycles. The molecule has 146 valence electrons. The number of nitrogens with one attached hydrogen (secondary N) is 1. The first-order chi connectivity index (χ1) is 14.0. The third-order valence-electron chi connectivity index (χ3n) is 4.98. The lowest BCUT2D eigenvalue weighted by Gasteiger charge is -2.20. The van der Waals surface area contributed by atoms with Crippen molar-refractivity contribution in [3.63, 3.8) is 0 Å². The highest BCUT2D eigenvalue weighted by Gasteiger charge is 2.17. The normalized spacial score (nSPS) is 14.6. The van der Waals surface area contributed by atoms with Crippen molar-refractivity contribution >= 4 is 22.5 Å². The first-order valence-corrected chi connectivity index (χ1v) is 9.30. The number of anilines is 1. The molecule has 1 unspecified atom stereocenters. The van der Waals surface area contributed by atoms with E-state index >= 15 is 0 Å². The Morgan fingerprint density at radius 2 is 1.93 bits per heavy atom. The first-order valence-electron chi connectivity index (χ1n) is 9.30. The van der Waals surface area contributed by atoms with Gasteiger partial charge in [0.05, 0.1) is 7.11 Å². The molecule has 0 aliphatic heterocycles. The Kier molecular flexibility index (Phi) is 5.08.